The third kappa shape index (κ3) is 3.86. The topological polar surface area (TPSA) is 101 Å². The largest absolute Gasteiger partial charge is 0.444 e. The summed E-state index contributed by atoms with van der Waals surface area (Å²) < 4.78 is 5.58. The SMILES string of the molecule is CC(C)(C)OC(=O)N1CCc2c(cccc2-c2cnc(C(N)=O)c3[nH]c4c(c23)CCCC4)C1. The number of primary amides is 1. The molecule has 0 saturated heterocycles. The zero-order chi connectivity index (χ0) is 23.3. The van der Waals surface area contributed by atoms with E-state index in [0.29, 0.717) is 18.8 Å². The summed E-state index contributed by atoms with van der Waals surface area (Å²) in [4.78, 5) is 34.4. The smallest absolute Gasteiger partial charge is 0.410 e. The molecule has 1 aliphatic heterocycles. The molecule has 0 bridgehead atoms. The summed E-state index contributed by atoms with van der Waals surface area (Å²) in [6.07, 6.45) is 6.46. The summed E-state index contributed by atoms with van der Waals surface area (Å²) in [6, 6.07) is 6.22. The second-order valence-electron chi connectivity index (χ2n) is 10.0. The molecule has 0 saturated carbocycles. The van der Waals surface area contributed by atoms with Crippen molar-refractivity contribution in [3.05, 3.63) is 52.5 Å². The number of carbonyl (C=O) groups is 2. The molecule has 1 aliphatic carbocycles. The summed E-state index contributed by atoms with van der Waals surface area (Å²) in [6.45, 7) is 6.75. The zero-order valence-electron chi connectivity index (χ0n) is 19.5. The van der Waals surface area contributed by atoms with Gasteiger partial charge < -0.3 is 20.4 Å². The average Bonchev–Trinajstić information content (AvgIpc) is 3.16. The number of aromatic nitrogens is 2. The number of H-pyrrole nitrogens is 1. The highest BCUT2D eigenvalue weighted by Crippen LogP contribution is 2.39. The van der Waals surface area contributed by atoms with Gasteiger partial charge in [0.1, 0.15) is 5.60 Å². The quantitative estimate of drug-likeness (QED) is 0.605. The summed E-state index contributed by atoms with van der Waals surface area (Å²) in [5.41, 5.74) is 13.1. The number of aromatic amines is 1. The van der Waals surface area contributed by atoms with Gasteiger partial charge in [0, 0.05) is 35.9 Å². The molecule has 5 rings (SSSR count). The molecule has 0 unspecified atom stereocenters. The number of nitrogens with zero attached hydrogens (tertiary/aromatic N) is 2. The summed E-state index contributed by atoms with van der Waals surface area (Å²) >= 11 is 0. The fourth-order valence-electron chi connectivity index (χ4n) is 5.15. The predicted molar refractivity (Wildman–Crippen MR) is 127 cm³/mol. The summed E-state index contributed by atoms with van der Waals surface area (Å²) in [5, 5.41) is 1.07. The van der Waals surface area contributed by atoms with Crippen LogP contribution in [0.15, 0.2) is 24.4 Å². The minimum absolute atomic E-state index is 0.284. The number of pyridine rings is 1. The molecule has 33 heavy (non-hydrogen) atoms. The third-order valence-corrected chi connectivity index (χ3v) is 6.57. The first-order valence-electron chi connectivity index (χ1n) is 11.6. The first-order chi connectivity index (χ1) is 15.7. The van der Waals surface area contributed by atoms with Crippen LogP contribution in [-0.2, 0) is 30.5 Å². The van der Waals surface area contributed by atoms with Crippen molar-refractivity contribution in [1.82, 2.24) is 14.9 Å². The van der Waals surface area contributed by atoms with Crippen molar-refractivity contribution in [3.63, 3.8) is 0 Å². The number of benzene rings is 1. The molecule has 0 spiro atoms. The predicted octanol–water partition coefficient (Wildman–Crippen LogP) is 4.50. The highest BCUT2D eigenvalue weighted by atomic mass is 16.6. The molecular formula is C26H30N4O3. The van der Waals surface area contributed by atoms with Crippen molar-refractivity contribution in [2.24, 2.45) is 5.73 Å². The second-order valence-corrected chi connectivity index (χ2v) is 10.0. The molecule has 2 amide bonds. The van der Waals surface area contributed by atoms with Gasteiger partial charge in [-0.15, -0.1) is 0 Å². The van der Waals surface area contributed by atoms with Crippen molar-refractivity contribution >= 4 is 22.9 Å². The molecule has 0 radical (unpaired) electrons. The lowest BCUT2D eigenvalue weighted by Crippen LogP contribution is -2.40. The van der Waals surface area contributed by atoms with Crippen LogP contribution in [0.1, 0.15) is 66.5 Å². The van der Waals surface area contributed by atoms with Crippen LogP contribution >= 0.6 is 0 Å². The minimum atomic E-state index is -0.522. The minimum Gasteiger partial charge on any atom is -0.444 e. The van der Waals surface area contributed by atoms with Gasteiger partial charge in [0.25, 0.3) is 5.91 Å². The maximum absolute atomic E-state index is 12.6. The Hall–Kier alpha value is -3.35. The van der Waals surface area contributed by atoms with E-state index in [0.717, 1.165) is 59.7 Å². The van der Waals surface area contributed by atoms with Gasteiger partial charge in [-0.1, -0.05) is 18.2 Å². The van der Waals surface area contributed by atoms with Crippen LogP contribution in [0.4, 0.5) is 4.79 Å². The van der Waals surface area contributed by atoms with Crippen LogP contribution in [0.3, 0.4) is 0 Å². The molecule has 172 valence electrons. The van der Waals surface area contributed by atoms with E-state index in [2.05, 4.69) is 22.1 Å². The van der Waals surface area contributed by atoms with Crippen LogP contribution < -0.4 is 5.73 Å². The number of aryl methyl sites for hydroxylation is 2. The van der Waals surface area contributed by atoms with E-state index in [1.807, 2.05) is 26.8 Å². The Labute approximate surface area is 193 Å². The Morgan fingerprint density at radius 3 is 2.64 bits per heavy atom. The highest BCUT2D eigenvalue weighted by molar-refractivity contribution is 6.09. The van der Waals surface area contributed by atoms with E-state index in [1.165, 1.54) is 16.8 Å². The maximum Gasteiger partial charge on any atom is 0.410 e. The first kappa shape index (κ1) is 21.5. The number of nitrogens with one attached hydrogen (secondary N) is 1. The Balaban J connectivity index is 1.60. The molecule has 0 atom stereocenters. The van der Waals surface area contributed by atoms with E-state index in [1.54, 1.807) is 11.1 Å². The summed E-state index contributed by atoms with van der Waals surface area (Å²) in [5.74, 6) is -0.520. The van der Waals surface area contributed by atoms with Gasteiger partial charge in [0.05, 0.1) is 5.52 Å². The van der Waals surface area contributed by atoms with Gasteiger partial charge >= 0.3 is 6.09 Å². The molecule has 2 aromatic heterocycles. The van der Waals surface area contributed by atoms with E-state index in [-0.39, 0.29) is 6.09 Å². The number of hydrogen-bond acceptors (Lipinski definition) is 4. The fourth-order valence-corrected chi connectivity index (χ4v) is 5.15. The second kappa shape index (κ2) is 7.90. The molecule has 7 heteroatoms. The van der Waals surface area contributed by atoms with Crippen LogP contribution in [-0.4, -0.2) is 39.0 Å². The Morgan fingerprint density at radius 1 is 1.09 bits per heavy atom. The number of hydrogen-bond donors (Lipinski definition) is 2. The van der Waals surface area contributed by atoms with E-state index >= 15 is 0 Å². The van der Waals surface area contributed by atoms with E-state index in [4.69, 9.17) is 10.5 Å². The van der Waals surface area contributed by atoms with Gasteiger partial charge in [-0.05, 0) is 75.1 Å². The van der Waals surface area contributed by atoms with Gasteiger partial charge in [0.2, 0.25) is 0 Å². The Kier molecular flexibility index (Phi) is 5.15. The number of nitrogens with two attached hydrogens (primary N) is 1. The van der Waals surface area contributed by atoms with Crippen molar-refractivity contribution in [2.45, 2.75) is 65.0 Å². The van der Waals surface area contributed by atoms with Crippen LogP contribution in [0.25, 0.3) is 22.0 Å². The lowest BCUT2D eigenvalue weighted by molar-refractivity contribution is 0.0224. The van der Waals surface area contributed by atoms with Crippen molar-refractivity contribution in [3.8, 4) is 11.1 Å². The van der Waals surface area contributed by atoms with Crippen molar-refractivity contribution in [2.75, 3.05) is 6.54 Å². The molecule has 0 fully saturated rings. The number of amides is 2. The molecule has 3 heterocycles. The van der Waals surface area contributed by atoms with Gasteiger partial charge in [-0.3, -0.25) is 4.79 Å². The summed E-state index contributed by atoms with van der Waals surface area (Å²) in [7, 11) is 0. The fraction of sp³-hybridized carbons (Fsp3) is 0.423. The van der Waals surface area contributed by atoms with Gasteiger partial charge in [-0.2, -0.15) is 0 Å². The number of rotatable bonds is 2. The highest BCUT2D eigenvalue weighted by Gasteiger charge is 2.29. The molecule has 7 nitrogen and oxygen atoms in total. The molecule has 3 N–H and O–H groups in total. The van der Waals surface area contributed by atoms with Gasteiger partial charge in [-0.25, -0.2) is 9.78 Å². The molecule has 3 aromatic rings. The standard InChI is InChI=1S/C26H30N4O3/c1-26(2,3)33-25(32)30-12-11-16-15(14-30)7-6-9-17(16)19-13-28-23(24(27)31)22-21(19)18-8-4-5-10-20(18)29-22/h6-7,9,13,29H,4-5,8,10-12,14H2,1-3H3,(H2,27,31). The van der Waals surface area contributed by atoms with Crippen LogP contribution in [0.5, 0.6) is 0 Å². The maximum atomic E-state index is 12.6. The molecule has 1 aromatic carbocycles. The zero-order valence-corrected chi connectivity index (χ0v) is 19.5. The van der Waals surface area contributed by atoms with Crippen LogP contribution in [0, 0.1) is 0 Å². The number of carbonyl (C=O) groups excluding carboxylic acids is 2. The molecule has 2 aliphatic rings. The Morgan fingerprint density at radius 2 is 1.88 bits per heavy atom. The lowest BCUT2D eigenvalue weighted by atomic mass is 9.87. The van der Waals surface area contributed by atoms with Crippen molar-refractivity contribution in [1.29, 1.82) is 0 Å². The van der Waals surface area contributed by atoms with E-state index < -0.39 is 11.5 Å². The molecular weight excluding hydrogens is 416 g/mol. The van der Waals surface area contributed by atoms with Gasteiger partial charge in [0.15, 0.2) is 5.69 Å². The van der Waals surface area contributed by atoms with Crippen LogP contribution in [0.2, 0.25) is 0 Å². The Bertz CT molecular complexity index is 1270. The van der Waals surface area contributed by atoms with Crippen molar-refractivity contribution < 1.29 is 14.3 Å². The lowest BCUT2D eigenvalue weighted by Gasteiger charge is -2.32. The first-order valence-corrected chi connectivity index (χ1v) is 11.6. The number of ether oxygens (including phenoxy) is 1. The normalized spacial score (nSPS) is 15.8. The number of fused-ring (bicyclic) bond motifs is 4. The average molecular weight is 447 g/mol. The monoisotopic (exact) mass is 446 g/mol. The third-order valence-electron chi connectivity index (χ3n) is 6.57. The van der Waals surface area contributed by atoms with E-state index in [9.17, 15) is 9.59 Å².